The van der Waals surface area contributed by atoms with Crippen LogP contribution in [0.25, 0.3) is 39.5 Å². The van der Waals surface area contributed by atoms with E-state index in [0.29, 0.717) is 47.8 Å². The van der Waals surface area contributed by atoms with Crippen LogP contribution in [-0.2, 0) is 13.0 Å². The van der Waals surface area contributed by atoms with E-state index in [1.54, 1.807) is 18.3 Å². The summed E-state index contributed by atoms with van der Waals surface area (Å²) in [5.41, 5.74) is 14.2. The fraction of sp³-hybridized carbons (Fsp3) is 0.0857. The molecule has 0 unspecified atom stereocenters. The van der Waals surface area contributed by atoms with Gasteiger partial charge < -0.3 is 16.2 Å². The summed E-state index contributed by atoms with van der Waals surface area (Å²) in [6, 6.07) is 28.7. The number of hydrogen-bond acceptors (Lipinski definition) is 7. The van der Waals surface area contributed by atoms with Crippen LogP contribution in [0.3, 0.4) is 0 Å². The summed E-state index contributed by atoms with van der Waals surface area (Å²) < 4.78 is 2.00. The Balaban J connectivity index is 1.29. The first-order chi connectivity index (χ1) is 21.0. The van der Waals surface area contributed by atoms with E-state index in [1.165, 1.54) is 0 Å². The number of phenols is 1. The van der Waals surface area contributed by atoms with Gasteiger partial charge in [0.15, 0.2) is 17.8 Å². The highest BCUT2D eigenvalue weighted by atomic mass is 16.3. The molecule has 3 heterocycles. The summed E-state index contributed by atoms with van der Waals surface area (Å²) in [6.45, 7) is 1.38. The lowest BCUT2D eigenvalue weighted by molar-refractivity contribution is 0.112. The number of aromatic nitrogens is 4. The molecule has 0 atom stereocenters. The molecule has 0 spiro atoms. The second-order valence-electron chi connectivity index (χ2n) is 10.1. The third-order valence-corrected chi connectivity index (χ3v) is 7.24. The van der Waals surface area contributed by atoms with Crippen molar-refractivity contribution in [2.24, 2.45) is 0 Å². The number of hydrogen-bond donors (Lipinski definition) is 3. The van der Waals surface area contributed by atoms with Gasteiger partial charge in [0.05, 0.1) is 16.8 Å². The number of imidazole rings is 1. The minimum Gasteiger partial charge on any atom is -0.507 e. The van der Waals surface area contributed by atoms with Crippen molar-refractivity contribution in [2.45, 2.75) is 13.0 Å². The number of benzene rings is 3. The SMILES string of the molecule is C#Cc1cccc(-c2ccc3nc(-c4cccnc4N)n(-c4ccc(CNCCc5ccc(C=O)c(O)c5)cc4)c3n2)c1. The first-order valence-electron chi connectivity index (χ1n) is 13.8. The van der Waals surface area contributed by atoms with Crippen molar-refractivity contribution in [2.75, 3.05) is 12.3 Å². The zero-order valence-electron chi connectivity index (χ0n) is 23.2. The molecule has 0 fully saturated rings. The maximum absolute atomic E-state index is 10.9. The number of nitrogen functional groups attached to an aromatic ring is 1. The molecule has 3 aromatic carbocycles. The van der Waals surface area contributed by atoms with Gasteiger partial charge in [0.2, 0.25) is 0 Å². The Morgan fingerprint density at radius 3 is 2.56 bits per heavy atom. The Morgan fingerprint density at radius 1 is 0.953 bits per heavy atom. The number of nitrogens with zero attached hydrogens (tertiary/aromatic N) is 4. The van der Waals surface area contributed by atoms with Crippen molar-refractivity contribution in [3.05, 3.63) is 119 Å². The minimum atomic E-state index is 0.00483. The smallest absolute Gasteiger partial charge is 0.165 e. The van der Waals surface area contributed by atoms with Crippen LogP contribution in [-0.4, -0.2) is 37.5 Å². The van der Waals surface area contributed by atoms with Crippen molar-refractivity contribution in [3.8, 4) is 46.4 Å². The van der Waals surface area contributed by atoms with Gasteiger partial charge in [-0.2, -0.15) is 0 Å². The predicted molar refractivity (Wildman–Crippen MR) is 169 cm³/mol. The van der Waals surface area contributed by atoms with Gasteiger partial charge in [0.1, 0.15) is 17.1 Å². The fourth-order valence-corrected chi connectivity index (χ4v) is 4.99. The predicted octanol–water partition coefficient (Wildman–Crippen LogP) is 5.56. The third-order valence-electron chi connectivity index (χ3n) is 7.24. The summed E-state index contributed by atoms with van der Waals surface area (Å²) in [4.78, 5) is 25.1. The Labute approximate surface area is 248 Å². The van der Waals surface area contributed by atoms with Crippen LogP contribution in [0.1, 0.15) is 27.0 Å². The highest BCUT2D eigenvalue weighted by Crippen LogP contribution is 2.32. The normalized spacial score (nSPS) is 11.0. The van der Waals surface area contributed by atoms with Gasteiger partial charge in [-0.05, 0) is 84.8 Å². The summed E-state index contributed by atoms with van der Waals surface area (Å²) in [6.07, 6.45) is 8.66. The number of aromatic hydroxyl groups is 1. The monoisotopic (exact) mass is 564 g/mol. The number of anilines is 1. The number of carbonyl (C=O) groups is 1. The van der Waals surface area contributed by atoms with Crippen LogP contribution in [0, 0.1) is 12.3 Å². The first-order valence-corrected chi connectivity index (χ1v) is 13.8. The minimum absolute atomic E-state index is 0.00483. The molecule has 210 valence electrons. The molecule has 8 nitrogen and oxygen atoms in total. The summed E-state index contributed by atoms with van der Waals surface area (Å²) in [5.74, 6) is 3.73. The maximum Gasteiger partial charge on any atom is 0.165 e. The number of terminal acetylenes is 1. The quantitative estimate of drug-likeness (QED) is 0.119. The van der Waals surface area contributed by atoms with Gasteiger partial charge in [-0.15, -0.1) is 6.42 Å². The molecule has 0 saturated carbocycles. The van der Waals surface area contributed by atoms with Crippen molar-refractivity contribution in [1.82, 2.24) is 24.8 Å². The van der Waals surface area contributed by atoms with Crippen LogP contribution in [0.2, 0.25) is 0 Å². The second-order valence-corrected chi connectivity index (χ2v) is 10.1. The lowest BCUT2D eigenvalue weighted by Gasteiger charge is -2.12. The molecule has 0 saturated heterocycles. The average molecular weight is 565 g/mol. The zero-order chi connectivity index (χ0) is 29.8. The lowest BCUT2D eigenvalue weighted by Crippen LogP contribution is -2.16. The van der Waals surface area contributed by atoms with Gasteiger partial charge in [-0.3, -0.25) is 9.36 Å². The molecule has 0 aliphatic rings. The van der Waals surface area contributed by atoms with Crippen LogP contribution in [0.4, 0.5) is 5.82 Å². The van der Waals surface area contributed by atoms with E-state index >= 15 is 0 Å². The number of pyridine rings is 2. The fourth-order valence-electron chi connectivity index (χ4n) is 4.99. The number of carbonyl (C=O) groups excluding carboxylic acids is 1. The van der Waals surface area contributed by atoms with Crippen LogP contribution < -0.4 is 11.1 Å². The van der Waals surface area contributed by atoms with Crippen molar-refractivity contribution >= 4 is 23.3 Å². The molecule has 43 heavy (non-hydrogen) atoms. The van der Waals surface area contributed by atoms with E-state index in [-0.39, 0.29) is 5.75 Å². The molecule has 8 heteroatoms. The molecule has 0 bridgehead atoms. The van der Waals surface area contributed by atoms with Crippen LogP contribution in [0.5, 0.6) is 5.75 Å². The van der Waals surface area contributed by atoms with Crippen molar-refractivity contribution < 1.29 is 9.90 Å². The van der Waals surface area contributed by atoms with Gasteiger partial charge >= 0.3 is 0 Å². The van der Waals surface area contributed by atoms with Crippen LogP contribution in [0.15, 0.2) is 97.2 Å². The Kier molecular flexibility index (Phi) is 7.64. The first kappa shape index (κ1) is 27.4. The Hall–Kier alpha value is -5.78. The van der Waals surface area contributed by atoms with Crippen molar-refractivity contribution in [3.63, 3.8) is 0 Å². The number of nitrogens with one attached hydrogen (secondary N) is 1. The summed E-state index contributed by atoms with van der Waals surface area (Å²) in [5, 5.41) is 13.4. The molecular weight excluding hydrogens is 536 g/mol. The highest BCUT2D eigenvalue weighted by Gasteiger charge is 2.19. The third kappa shape index (κ3) is 5.71. The number of aldehydes is 1. The topological polar surface area (TPSA) is 119 Å². The Bertz CT molecular complexity index is 1990. The van der Waals surface area contributed by atoms with E-state index < -0.39 is 0 Å². The number of nitrogens with two attached hydrogens (primary N) is 1. The molecule has 0 aliphatic carbocycles. The second kappa shape index (κ2) is 12.0. The number of phenolic OH excluding ortho intramolecular Hbond substituents is 1. The van der Waals surface area contributed by atoms with E-state index in [4.69, 9.17) is 22.1 Å². The number of fused-ring (bicyclic) bond motifs is 1. The molecule has 0 radical (unpaired) electrons. The van der Waals surface area contributed by atoms with Gasteiger partial charge in [-0.25, -0.2) is 15.0 Å². The summed E-state index contributed by atoms with van der Waals surface area (Å²) in [7, 11) is 0. The van der Waals surface area contributed by atoms with E-state index in [1.807, 2.05) is 71.3 Å². The standard InChI is InChI=1S/C35H28N6O2/c1-2-23-5-3-6-26(19-23)30-14-15-31-35(39-30)41(34(40-31)29-7-4-17-38-33(29)36)28-12-9-25(10-13-28)21-37-18-16-24-8-11-27(22-42)32(43)20-24/h1,3-15,17,19-20,22,37,43H,16,18,21H2,(H2,36,38). The summed E-state index contributed by atoms with van der Waals surface area (Å²) >= 11 is 0. The van der Waals surface area contributed by atoms with Crippen LogP contribution >= 0.6 is 0 Å². The molecule has 3 aromatic heterocycles. The lowest BCUT2D eigenvalue weighted by atomic mass is 10.1. The van der Waals surface area contributed by atoms with Gasteiger partial charge in [0.25, 0.3) is 0 Å². The number of rotatable bonds is 9. The maximum atomic E-state index is 10.9. The van der Waals surface area contributed by atoms with Gasteiger partial charge in [-0.1, -0.05) is 36.3 Å². The zero-order valence-corrected chi connectivity index (χ0v) is 23.2. The molecule has 4 N–H and O–H groups in total. The van der Waals surface area contributed by atoms with Gasteiger partial charge in [0, 0.05) is 29.6 Å². The molecule has 0 aliphatic heterocycles. The largest absolute Gasteiger partial charge is 0.507 e. The average Bonchev–Trinajstić information content (AvgIpc) is 3.42. The molecule has 6 rings (SSSR count). The van der Waals surface area contributed by atoms with E-state index in [9.17, 15) is 9.90 Å². The molecule has 6 aromatic rings. The van der Waals surface area contributed by atoms with E-state index in [0.717, 1.165) is 45.6 Å². The van der Waals surface area contributed by atoms with E-state index in [2.05, 4.69) is 28.4 Å². The Morgan fingerprint density at radius 2 is 1.79 bits per heavy atom. The highest BCUT2D eigenvalue weighted by molar-refractivity contribution is 5.84. The molecule has 0 amide bonds. The molecular formula is C35H28N6O2. The van der Waals surface area contributed by atoms with Crippen molar-refractivity contribution in [1.29, 1.82) is 0 Å².